The van der Waals surface area contributed by atoms with E-state index < -0.39 is 5.41 Å². The Morgan fingerprint density at radius 3 is 2.86 bits per heavy atom. The highest BCUT2D eigenvalue weighted by molar-refractivity contribution is 7.14. The Bertz CT molecular complexity index is 638. The van der Waals surface area contributed by atoms with Crippen LogP contribution in [0.3, 0.4) is 0 Å². The third kappa shape index (κ3) is 3.01. The van der Waals surface area contributed by atoms with Gasteiger partial charge in [-0.05, 0) is 25.0 Å². The quantitative estimate of drug-likeness (QED) is 0.898. The maximum Gasteiger partial charge on any atom is 0.233 e. The van der Waals surface area contributed by atoms with Crippen LogP contribution < -0.4 is 11.1 Å². The van der Waals surface area contributed by atoms with Gasteiger partial charge in [-0.2, -0.15) is 0 Å². The summed E-state index contributed by atoms with van der Waals surface area (Å²) in [7, 11) is 0. The number of nitrogens with one attached hydrogen (secondary N) is 1. The topological polar surface area (TPSA) is 90.1 Å². The molecule has 1 aliphatic heterocycles. The van der Waals surface area contributed by atoms with Crippen molar-refractivity contribution >= 4 is 22.4 Å². The lowest BCUT2D eigenvalue weighted by Gasteiger charge is -2.34. The van der Waals surface area contributed by atoms with Crippen molar-refractivity contribution in [3.63, 3.8) is 0 Å². The first kappa shape index (κ1) is 15.1. The molecule has 7 heteroatoms. The molecule has 1 saturated heterocycles. The zero-order valence-electron chi connectivity index (χ0n) is 12.1. The molecule has 0 unspecified atom stereocenters. The van der Waals surface area contributed by atoms with Crippen molar-refractivity contribution in [1.29, 1.82) is 0 Å². The maximum absolute atomic E-state index is 12.6. The van der Waals surface area contributed by atoms with Crippen molar-refractivity contribution in [2.75, 3.05) is 25.1 Å². The highest BCUT2D eigenvalue weighted by Crippen LogP contribution is 2.32. The average molecular weight is 318 g/mol. The molecule has 0 saturated carbocycles. The fourth-order valence-electron chi connectivity index (χ4n) is 2.48. The van der Waals surface area contributed by atoms with Crippen LogP contribution in [0.4, 0.5) is 5.13 Å². The number of amides is 1. The van der Waals surface area contributed by atoms with E-state index in [1.54, 1.807) is 6.20 Å². The van der Waals surface area contributed by atoms with Crippen molar-refractivity contribution in [3.8, 4) is 11.4 Å². The number of hydrogen-bond acceptors (Lipinski definition) is 6. The molecule has 22 heavy (non-hydrogen) atoms. The number of aromatic nitrogens is 2. The van der Waals surface area contributed by atoms with E-state index in [9.17, 15) is 4.79 Å². The lowest BCUT2D eigenvalue weighted by molar-refractivity contribution is -0.130. The number of nitrogens with two attached hydrogens (primary N) is 1. The smallest absolute Gasteiger partial charge is 0.233 e. The summed E-state index contributed by atoms with van der Waals surface area (Å²) in [6.45, 7) is 1.46. The van der Waals surface area contributed by atoms with Gasteiger partial charge in [-0.1, -0.05) is 6.07 Å². The Morgan fingerprint density at radius 2 is 2.18 bits per heavy atom. The zero-order chi connectivity index (χ0) is 15.4. The van der Waals surface area contributed by atoms with E-state index in [4.69, 9.17) is 10.5 Å². The number of pyridine rings is 1. The van der Waals surface area contributed by atoms with Gasteiger partial charge in [0.15, 0.2) is 5.13 Å². The van der Waals surface area contributed by atoms with Crippen LogP contribution >= 0.6 is 11.3 Å². The molecule has 0 spiro atoms. The van der Waals surface area contributed by atoms with Crippen molar-refractivity contribution in [1.82, 2.24) is 9.97 Å². The molecule has 0 aliphatic carbocycles. The molecule has 0 aromatic carbocycles. The van der Waals surface area contributed by atoms with Crippen LogP contribution in [0.1, 0.15) is 12.8 Å². The molecule has 0 atom stereocenters. The van der Waals surface area contributed by atoms with E-state index in [0.29, 0.717) is 37.7 Å². The first-order valence-electron chi connectivity index (χ1n) is 7.20. The molecule has 116 valence electrons. The second-order valence-electron chi connectivity index (χ2n) is 5.30. The van der Waals surface area contributed by atoms with Gasteiger partial charge in [0.1, 0.15) is 5.69 Å². The zero-order valence-corrected chi connectivity index (χ0v) is 12.9. The molecule has 0 radical (unpaired) electrons. The Balaban J connectivity index is 1.73. The lowest BCUT2D eigenvalue weighted by Crippen LogP contribution is -2.46. The standard InChI is InChI=1S/C15H18N4O2S/c16-10-15(4-7-21-8-5-15)13(20)19-14-18-12(9-22-14)11-3-1-2-6-17-11/h1-3,6,9H,4-5,7-8,10,16H2,(H,18,19,20). The van der Waals surface area contributed by atoms with Gasteiger partial charge in [-0.15, -0.1) is 11.3 Å². The third-order valence-electron chi connectivity index (χ3n) is 3.97. The van der Waals surface area contributed by atoms with Gasteiger partial charge in [-0.3, -0.25) is 9.78 Å². The van der Waals surface area contributed by atoms with Crippen molar-refractivity contribution in [3.05, 3.63) is 29.8 Å². The predicted octanol–water partition coefficient (Wildman–Crippen LogP) is 1.90. The average Bonchev–Trinajstić information content (AvgIpc) is 3.05. The van der Waals surface area contributed by atoms with Crippen LogP contribution in [0.2, 0.25) is 0 Å². The summed E-state index contributed by atoms with van der Waals surface area (Å²) in [6, 6.07) is 5.65. The van der Waals surface area contributed by atoms with E-state index >= 15 is 0 Å². The molecule has 6 nitrogen and oxygen atoms in total. The van der Waals surface area contributed by atoms with Crippen molar-refractivity contribution in [2.24, 2.45) is 11.1 Å². The van der Waals surface area contributed by atoms with E-state index in [0.717, 1.165) is 11.4 Å². The van der Waals surface area contributed by atoms with Gasteiger partial charge in [-0.25, -0.2) is 4.98 Å². The SMILES string of the molecule is NCC1(C(=O)Nc2nc(-c3ccccn3)cs2)CCOCC1. The molecule has 0 bridgehead atoms. The highest BCUT2D eigenvalue weighted by atomic mass is 32.1. The van der Waals surface area contributed by atoms with E-state index in [1.807, 2.05) is 23.6 Å². The molecule has 1 fully saturated rings. The first-order valence-corrected chi connectivity index (χ1v) is 8.08. The third-order valence-corrected chi connectivity index (χ3v) is 4.73. The lowest BCUT2D eigenvalue weighted by atomic mass is 9.79. The largest absolute Gasteiger partial charge is 0.381 e. The summed E-state index contributed by atoms with van der Waals surface area (Å²) in [4.78, 5) is 21.3. The molecule has 1 aliphatic rings. The summed E-state index contributed by atoms with van der Waals surface area (Å²) >= 11 is 1.39. The fraction of sp³-hybridized carbons (Fsp3) is 0.400. The number of thiazole rings is 1. The Morgan fingerprint density at radius 1 is 1.36 bits per heavy atom. The summed E-state index contributed by atoms with van der Waals surface area (Å²) in [5.74, 6) is -0.0692. The molecule has 3 N–H and O–H groups in total. The summed E-state index contributed by atoms with van der Waals surface area (Å²) in [5, 5.41) is 5.36. The molecule has 1 amide bonds. The van der Waals surface area contributed by atoms with E-state index in [1.165, 1.54) is 11.3 Å². The Labute approximate surface area is 132 Å². The number of ether oxygens (including phenoxy) is 1. The molecular formula is C15H18N4O2S. The number of carbonyl (C=O) groups is 1. The van der Waals surface area contributed by atoms with Crippen LogP contribution in [0.5, 0.6) is 0 Å². The van der Waals surface area contributed by atoms with Gasteiger partial charge in [0, 0.05) is 31.3 Å². The van der Waals surface area contributed by atoms with Crippen molar-refractivity contribution < 1.29 is 9.53 Å². The number of rotatable bonds is 4. The van der Waals surface area contributed by atoms with E-state index in [2.05, 4.69) is 15.3 Å². The van der Waals surface area contributed by atoms with Gasteiger partial charge < -0.3 is 15.8 Å². The number of nitrogens with zero attached hydrogens (tertiary/aromatic N) is 2. The maximum atomic E-state index is 12.6. The van der Waals surface area contributed by atoms with Crippen LogP contribution in [0.25, 0.3) is 11.4 Å². The van der Waals surface area contributed by atoms with Crippen LogP contribution in [0, 0.1) is 5.41 Å². The van der Waals surface area contributed by atoms with Crippen molar-refractivity contribution in [2.45, 2.75) is 12.8 Å². The normalized spacial score (nSPS) is 17.1. The van der Waals surface area contributed by atoms with Gasteiger partial charge in [0.2, 0.25) is 5.91 Å². The number of hydrogen-bond donors (Lipinski definition) is 2. The minimum Gasteiger partial charge on any atom is -0.381 e. The first-order chi connectivity index (χ1) is 10.7. The summed E-state index contributed by atoms with van der Waals surface area (Å²) in [5.41, 5.74) is 6.85. The second kappa shape index (κ2) is 6.51. The number of carbonyl (C=O) groups excluding carboxylic acids is 1. The molecule has 3 rings (SSSR count). The summed E-state index contributed by atoms with van der Waals surface area (Å²) in [6.07, 6.45) is 3.01. The van der Waals surface area contributed by atoms with Gasteiger partial charge >= 0.3 is 0 Å². The van der Waals surface area contributed by atoms with Gasteiger partial charge in [0.05, 0.1) is 11.1 Å². The van der Waals surface area contributed by atoms with Crippen LogP contribution in [0.15, 0.2) is 29.8 Å². The Kier molecular flexibility index (Phi) is 4.47. The highest BCUT2D eigenvalue weighted by Gasteiger charge is 2.39. The van der Waals surface area contributed by atoms with Crippen LogP contribution in [-0.2, 0) is 9.53 Å². The predicted molar refractivity (Wildman–Crippen MR) is 85.5 cm³/mol. The fourth-order valence-corrected chi connectivity index (χ4v) is 3.18. The minimum absolute atomic E-state index is 0.0692. The van der Waals surface area contributed by atoms with E-state index in [-0.39, 0.29) is 5.91 Å². The molecular weight excluding hydrogens is 300 g/mol. The monoisotopic (exact) mass is 318 g/mol. The molecule has 3 heterocycles. The molecule has 2 aromatic rings. The van der Waals surface area contributed by atoms with Gasteiger partial charge in [0.25, 0.3) is 0 Å². The molecule has 2 aromatic heterocycles. The number of anilines is 1. The second-order valence-corrected chi connectivity index (χ2v) is 6.16. The van der Waals surface area contributed by atoms with Crippen LogP contribution in [-0.4, -0.2) is 35.6 Å². The Hall–Kier alpha value is -1.83. The summed E-state index contributed by atoms with van der Waals surface area (Å²) < 4.78 is 5.33. The minimum atomic E-state index is -0.547.